The van der Waals surface area contributed by atoms with E-state index in [9.17, 15) is 4.79 Å². The summed E-state index contributed by atoms with van der Waals surface area (Å²) < 4.78 is 0. The Balaban J connectivity index is 2.30. The second-order valence-electron chi connectivity index (χ2n) is 3.34. The zero-order valence-electron chi connectivity index (χ0n) is 8.89. The summed E-state index contributed by atoms with van der Waals surface area (Å²) in [7, 11) is 0. The summed E-state index contributed by atoms with van der Waals surface area (Å²) in [5, 5.41) is 12.1. The fraction of sp³-hybridized carbons (Fsp3) is 0. The smallest absolute Gasteiger partial charge is 0.337 e. The van der Waals surface area contributed by atoms with Crippen molar-refractivity contribution in [3.05, 3.63) is 46.3 Å². The van der Waals surface area contributed by atoms with Crippen molar-refractivity contribution in [1.29, 1.82) is 0 Å². The third-order valence-corrected chi connectivity index (χ3v) is 2.61. The predicted octanol–water partition coefficient (Wildman–Crippen LogP) is 3.23. The highest BCUT2D eigenvalue weighted by atomic mass is 35.5. The number of carbonyl (C=O) groups is 1. The monoisotopic (exact) mass is 283 g/mol. The van der Waals surface area contributed by atoms with Crippen LogP contribution >= 0.6 is 23.2 Å². The number of aromatic carboxylic acids is 1. The number of halogens is 2. The van der Waals surface area contributed by atoms with Gasteiger partial charge in [-0.15, -0.1) is 0 Å². The van der Waals surface area contributed by atoms with E-state index < -0.39 is 5.97 Å². The summed E-state index contributed by atoms with van der Waals surface area (Å²) in [5.74, 6) is -0.627. The highest BCUT2D eigenvalue weighted by Gasteiger charge is 2.09. The van der Waals surface area contributed by atoms with Crippen molar-refractivity contribution in [3.8, 4) is 0 Å². The van der Waals surface area contributed by atoms with Crippen molar-refractivity contribution in [2.45, 2.75) is 0 Å². The molecule has 5 nitrogen and oxygen atoms in total. The molecule has 0 saturated heterocycles. The van der Waals surface area contributed by atoms with Crippen LogP contribution in [0.15, 0.2) is 30.5 Å². The van der Waals surface area contributed by atoms with Gasteiger partial charge in [0, 0.05) is 11.9 Å². The molecule has 0 aliphatic rings. The van der Waals surface area contributed by atoms with Gasteiger partial charge >= 0.3 is 5.97 Å². The van der Waals surface area contributed by atoms with Gasteiger partial charge in [0.15, 0.2) is 0 Å². The van der Waals surface area contributed by atoms with Gasteiger partial charge < -0.3 is 10.4 Å². The number of hydrogen-bond donors (Lipinski definition) is 2. The summed E-state index contributed by atoms with van der Waals surface area (Å²) in [4.78, 5) is 18.6. The lowest BCUT2D eigenvalue weighted by atomic mass is 10.2. The van der Waals surface area contributed by atoms with Crippen LogP contribution in [0.1, 0.15) is 10.4 Å². The lowest BCUT2D eigenvalue weighted by molar-refractivity contribution is 0.0697. The quantitative estimate of drug-likeness (QED) is 0.846. The molecule has 0 unspecified atom stereocenters. The normalized spacial score (nSPS) is 10.1. The van der Waals surface area contributed by atoms with Gasteiger partial charge in [-0.25, -0.2) is 14.8 Å². The molecule has 1 aromatic carbocycles. The first kappa shape index (κ1) is 12.6. The maximum atomic E-state index is 10.9. The number of carboxylic acids is 1. The zero-order valence-corrected chi connectivity index (χ0v) is 10.4. The standard InChI is InChI=1S/C11H7Cl2N3O2/c12-8-2-1-6(5-7(8)10(17)18)15-9-3-4-14-11(13)16-9/h1-5H,(H,17,18)(H,14,15,16). The SMILES string of the molecule is O=C(O)c1cc(Nc2ccnc(Cl)n2)ccc1Cl. The van der Waals surface area contributed by atoms with Crippen molar-refractivity contribution in [2.24, 2.45) is 0 Å². The van der Waals surface area contributed by atoms with E-state index in [4.69, 9.17) is 28.3 Å². The summed E-state index contributed by atoms with van der Waals surface area (Å²) in [6.45, 7) is 0. The lowest BCUT2D eigenvalue weighted by Gasteiger charge is -2.07. The summed E-state index contributed by atoms with van der Waals surface area (Å²) in [6, 6.07) is 6.17. The van der Waals surface area contributed by atoms with E-state index >= 15 is 0 Å². The van der Waals surface area contributed by atoms with Crippen LogP contribution < -0.4 is 5.32 Å². The topological polar surface area (TPSA) is 75.1 Å². The van der Waals surface area contributed by atoms with Crippen LogP contribution in [0.25, 0.3) is 0 Å². The van der Waals surface area contributed by atoms with Gasteiger partial charge in [-0.2, -0.15) is 0 Å². The van der Waals surface area contributed by atoms with Crippen LogP contribution in [0.5, 0.6) is 0 Å². The molecule has 0 amide bonds. The van der Waals surface area contributed by atoms with E-state index in [2.05, 4.69) is 15.3 Å². The largest absolute Gasteiger partial charge is 0.478 e. The van der Waals surface area contributed by atoms with E-state index in [0.29, 0.717) is 11.5 Å². The Morgan fingerprint density at radius 3 is 2.72 bits per heavy atom. The first-order valence-corrected chi connectivity index (χ1v) is 5.60. The zero-order chi connectivity index (χ0) is 13.1. The number of benzene rings is 1. The number of nitrogens with zero attached hydrogens (tertiary/aromatic N) is 2. The molecule has 18 heavy (non-hydrogen) atoms. The molecule has 0 saturated carbocycles. The minimum atomic E-state index is -1.09. The fourth-order valence-corrected chi connectivity index (χ4v) is 1.67. The number of carboxylic acid groups (broad SMARTS) is 1. The Kier molecular flexibility index (Phi) is 3.64. The number of hydrogen-bond acceptors (Lipinski definition) is 4. The Morgan fingerprint density at radius 1 is 1.28 bits per heavy atom. The van der Waals surface area contributed by atoms with Crippen LogP contribution in [0.3, 0.4) is 0 Å². The molecule has 1 aromatic heterocycles. The van der Waals surface area contributed by atoms with Crippen molar-refractivity contribution >= 4 is 40.7 Å². The fourth-order valence-electron chi connectivity index (χ4n) is 1.32. The van der Waals surface area contributed by atoms with Gasteiger partial charge in [0.25, 0.3) is 0 Å². The van der Waals surface area contributed by atoms with Crippen LogP contribution in [-0.2, 0) is 0 Å². The molecule has 0 atom stereocenters. The summed E-state index contributed by atoms with van der Waals surface area (Å²) >= 11 is 11.4. The minimum absolute atomic E-state index is 0.0156. The Morgan fingerprint density at radius 2 is 2.06 bits per heavy atom. The first-order chi connectivity index (χ1) is 8.56. The van der Waals surface area contributed by atoms with Gasteiger partial charge in [-0.3, -0.25) is 0 Å². The summed E-state index contributed by atoms with van der Waals surface area (Å²) in [5.41, 5.74) is 0.563. The number of anilines is 2. The van der Waals surface area contributed by atoms with E-state index in [0.717, 1.165) is 0 Å². The van der Waals surface area contributed by atoms with Crippen LogP contribution in [0, 0.1) is 0 Å². The number of rotatable bonds is 3. The lowest BCUT2D eigenvalue weighted by Crippen LogP contribution is -2.00. The number of nitrogens with one attached hydrogen (secondary N) is 1. The molecule has 0 spiro atoms. The molecule has 1 heterocycles. The van der Waals surface area contributed by atoms with Crippen molar-refractivity contribution in [1.82, 2.24) is 9.97 Å². The molecule has 2 rings (SSSR count). The van der Waals surface area contributed by atoms with Crippen LogP contribution in [-0.4, -0.2) is 21.0 Å². The molecular weight excluding hydrogens is 277 g/mol. The second-order valence-corrected chi connectivity index (χ2v) is 4.08. The molecule has 7 heteroatoms. The van der Waals surface area contributed by atoms with Gasteiger partial charge in [0.2, 0.25) is 5.28 Å². The molecule has 0 aliphatic carbocycles. The van der Waals surface area contributed by atoms with E-state index in [1.54, 1.807) is 12.1 Å². The molecular formula is C11H7Cl2N3O2. The average Bonchev–Trinajstić information content (AvgIpc) is 2.31. The molecule has 2 N–H and O–H groups in total. The first-order valence-electron chi connectivity index (χ1n) is 4.84. The van der Waals surface area contributed by atoms with Gasteiger partial charge in [0.1, 0.15) is 5.82 Å². The van der Waals surface area contributed by atoms with E-state index in [1.165, 1.54) is 18.3 Å². The molecule has 2 aromatic rings. The van der Waals surface area contributed by atoms with Gasteiger partial charge in [-0.05, 0) is 35.9 Å². The Bertz CT molecular complexity index is 605. The third-order valence-electron chi connectivity index (χ3n) is 2.10. The van der Waals surface area contributed by atoms with Crippen molar-refractivity contribution in [2.75, 3.05) is 5.32 Å². The number of aromatic nitrogens is 2. The van der Waals surface area contributed by atoms with Crippen molar-refractivity contribution in [3.63, 3.8) is 0 Å². The highest BCUT2D eigenvalue weighted by molar-refractivity contribution is 6.33. The molecule has 0 fully saturated rings. The highest BCUT2D eigenvalue weighted by Crippen LogP contribution is 2.22. The Labute approximate surface area is 112 Å². The second kappa shape index (κ2) is 5.20. The Hall–Kier alpha value is -1.85. The summed E-state index contributed by atoms with van der Waals surface area (Å²) in [6.07, 6.45) is 1.49. The minimum Gasteiger partial charge on any atom is -0.478 e. The van der Waals surface area contributed by atoms with Gasteiger partial charge in [-0.1, -0.05) is 11.6 Å². The molecule has 0 bridgehead atoms. The maximum absolute atomic E-state index is 10.9. The average molecular weight is 284 g/mol. The van der Waals surface area contributed by atoms with Crippen molar-refractivity contribution < 1.29 is 9.90 Å². The predicted molar refractivity (Wildman–Crippen MR) is 68.7 cm³/mol. The molecule has 92 valence electrons. The molecule has 0 aliphatic heterocycles. The van der Waals surface area contributed by atoms with E-state index in [1.807, 2.05) is 0 Å². The molecule has 0 radical (unpaired) electrons. The third kappa shape index (κ3) is 2.88. The van der Waals surface area contributed by atoms with E-state index in [-0.39, 0.29) is 15.9 Å². The van der Waals surface area contributed by atoms with Crippen LogP contribution in [0.4, 0.5) is 11.5 Å². The maximum Gasteiger partial charge on any atom is 0.337 e. The van der Waals surface area contributed by atoms with Crippen LogP contribution in [0.2, 0.25) is 10.3 Å². The van der Waals surface area contributed by atoms with Gasteiger partial charge in [0.05, 0.1) is 10.6 Å².